The third-order valence-electron chi connectivity index (χ3n) is 16.1. The summed E-state index contributed by atoms with van der Waals surface area (Å²) in [7, 11) is 0. The molecule has 0 bridgehead atoms. The molecule has 0 spiro atoms. The number of benzene rings is 11. The van der Waals surface area contributed by atoms with Gasteiger partial charge >= 0.3 is 0 Å². The smallest absolute Gasteiger partial charge is 0.0789 e. The molecule has 0 aliphatic heterocycles. The van der Waals surface area contributed by atoms with E-state index in [1.165, 1.54) is 115 Å². The summed E-state index contributed by atoms with van der Waals surface area (Å²) in [5.74, 6) is 0. The fraction of sp³-hybridized carbons (Fsp3) is 0.114. The first-order valence-electron chi connectivity index (χ1n) is 26.1. The number of aromatic nitrogens is 2. The molecule has 4 nitrogen and oxygen atoms in total. The van der Waals surface area contributed by atoms with Crippen LogP contribution in [0.1, 0.15) is 52.7 Å². The quantitative estimate of drug-likeness (QED) is 0.165. The molecule has 0 aliphatic carbocycles. The van der Waals surface area contributed by atoms with Crippen LogP contribution in [0.2, 0.25) is 0 Å². The normalized spacial score (nSPS) is 12.7. The summed E-state index contributed by atoms with van der Waals surface area (Å²) < 4.78 is 5.29. The number of hydrogen-bond donors (Lipinski definition) is 0. The third-order valence-corrected chi connectivity index (χ3v) is 16.1. The van der Waals surface area contributed by atoms with Crippen molar-refractivity contribution in [2.75, 3.05) is 9.80 Å². The summed E-state index contributed by atoms with van der Waals surface area (Å²) in [6, 6.07) is 81.7. The zero-order chi connectivity index (χ0) is 49.8. The number of para-hydroxylation sites is 4. The Morgan fingerprint density at radius 3 is 1.18 bits per heavy atom. The van der Waals surface area contributed by atoms with Crippen LogP contribution in [0.4, 0.5) is 34.1 Å². The standard InChI is InChI=1S/C70H54N4/c1-69(2,3)45-37-56-53-42-61-54(41-60(53)73-64(56)58(39-45)55-35-43-23-20-22-34-52(43)66(67(55)73)72(49-29-15-9-16-30-49)50-31-17-10-18-32-50)57-38-46(70(4,5)6)40-59-63-51-33-21-19-24-44(51)36-62(68(63)74(61)65(57)59)71(47-25-11-7-12-26-47)48-27-13-8-14-28-48/h7-42H,1-6H3. The van der Waals surface area contributed by atoms with Crippen molar-refractivity contribution in [3.05, 3.63) is 230 Å². The van der Waals surface area contributed by atoms with Gasteiger partial charge in [0, 0.05) is 71.2 Å². The van der Waals surface area contributed by atoms with Gasteiger partial charge in [-0.15, -0.1) is 0 Å². The molecule has 11 aromatic carbocycles. The molecule has 354 valence electrons. The highest BCUT2D eigenvalue weighted by Gasteiger charge is 2.31. The summed E-state index contributed by atoms with van der Waals surface area (Å²) >= 11 is 0. The van der Waals surface area contributed by atoms with Crippen LogP contribution in [0, 0.1) is 0 Å². The maximum Gasteiger partial charge on any atom is 0.0789 e. The zero-order valence-corrected chi connectivity index (χ0v) is 42.6. The summed E-state index contributed by atoms with van der Waals surface area (Å²) in [5.41, 5.74) is 16.6. The van der Waals surface area contributed by atoms with Gasteiger partial charge in [0.25, 0.3) is 0 Å². The minimum atomic E-state index is -0.108. The Morgan fingerprint density at radius 2 is 0.676 bits per heavy atom. The molecule has 0 saturated heterocycles. The number of fused-ring (bicyclic) bond motifs is 15. The minimum absolute atomic E-state index is 0.102. The van der Waals surface area contributed by atoms with Crippen LogP contribution in [-0.4, -0.2) is 8.80 Å². The Hall–Kier alpha value is -8.86. The third kappa shape index (κ3) is 6.03. The van der Waals surface area contributed by atoms with Gasteiger partial charge in [-0.1, -0.05) is 163 Å². The predicted octanol–water partition coefficient (Wildman–Crippen LogP) is 19.8. The van der Waals surface area contributed by atoms with E-state index in [0.717, 1.165) is 28.4 Å². The molecule has 4 heteroatoms. The van der Waals surface area contributed by atoms with Gasteiger partial charge in [-0.3, -0.25) is 0 Å². The molecule has 15 rings (SSSR count). The molecule has 0 unspecified atom stereocenters. The molecular weight excluding hydrogens is 897 g/mol. The highest BCUT2D eigenvalue weighted by Crippen LogP contribution is 2.53. The fourth-order valence-electron chi connectivity index (χ4n) is 12.6. The van der Waals surface area contributed by atoms with Crippen molar-refractivity contribution < 1.29 is 0 Å². The lowest BCUT2D eigenvalue weighted by atomic mass is 9.85. The molecule has 0 saturated carbocycles. The molecule has 0 amide bonds. The molecule has 0 aliphatic rings. The highest BCUT2D eigenvalue weighted by molar-refractivity contribution is 6.34. The average Bonchev–Trinajstić information content (AvgIpc) is 4.24. The van der Waals surface area contributed by atoms with Gasteiger partial charge in [0.1, 0.15) is 0 Å². The molecule has 0 N–H and O–H groups in total. The lowest BCUT2D eigenvalue weighted by Gasteiger charge is -2.28. The monoisotopic (exact) mass is 950 g/mol. The molecule has 0 atom stereocenters. The van der Waals surface area contributed by atoms with Gasteiger partial charge in [0.15, 0.2) is 0 Å². The maximum atomic E-state index is 2.64. The van der Waals surface area contributed by atoms with E-state index in [2.05, 4.69) is 279 Å². The lowest BCUT2D eigenvalue weighted by Crippen LogP contribution is -2.11. The van der Waals surface area contributed by atoms with Crippen molar-refractivity contribution in [3.8, 4) is 0 Å². The molecule has 4 aromatic heterocycles. The van der Waals surface area contributed by atoms with Gasteiger partial charge in [-0.05, 0) is 135 Å². The summed E-state index contributed by atoms with van der Waals surface area (Å²) in [4.78, 5) is 4.96. The Balaban J connectivity index is 1.18. The first kappa shape index (κ1) is 42.8. The fourth-order valence-corrected chi connectivity index (χ4v) is 12.6. The van der Waals surface area contributed by atoms with Crippen molar-refractivity contribution in [2.24, 2.45) is 0 Å². The number of rotatable bonds is 6. The predicted molar refractivity (Wildman–Crippen MR) is 318 cm³/mol. The van der Waals surface area contributed by atoms with Crippen LogP contribution < -0.4 is 9.80 Å². The zero-order valence-electron chi connectivity index (χ0n) is 42.6. The van der Waals surface area contributed by atoms with Crippen LogP contribution in [-0.2, 0) is 10.8 Å². The second kappa shape index (κ2) is 15.3. The second-order valence-electron chi connectivity index (χ2n) is 22.6. The number of nitrogens with zero attached hydrogens (tertiary/aromatic N) is 4. The van der Waals surface area contributed by atoms with Crippen LogP contribution in [0.3, 0.4) is 0 Å². The second-order valence-corrected chi connectivity index (χ2v) is 22.6. The first-order valence-corrected chi connectivity index (χ1v) is 26.1. The van der Waals surface area contributed by atoms with Crippen LogP contribution >= 0.6 is 0 Å². The van der Waals surface area contributed by atoms with Gasteiger partial charge in [-0.25, -0.2) is 0 Å². The minimum Gasteiger partial charge on any atom is -0.308 e. The van der Waals surface area contributed by atoms with E-state index in [4.69, 9.17) is 0 Å². The summed E-state index contributed by atoms with van der Waals surface area (Å²) in [6.45, 7) is 14.1. The first-order chi connectivity index (χ1) is 36.0. The molecular formula is C70H54N4. The molecule has 0 radical (unpaired) electrons. The van der Waals surface area contributed by atoms with E-state index in [9.17, 15) is 0 Å². The van der Waals surface area contributed by atoms with E-state index in [0.29, 0.717) is 0 Å². The van der Waals surface area contributed by atoms with Crippen molar-refractivity contribution >= 4 is 132 Å². The van der Waals surface area contributed by atoms with Crippen LogP contribution in [0.5, 0.6) is 0 Å². The molecule has 74 heavy (non-hydrogen) atoms. The Labute approximate surface area is 430 Å². The lowest BCUT2D eigenvalue weighted by molar-refractivity contribution is 0.591. The van der Waals surface area contributed by atoms with Crippen LogP contribution in [0.25, 0.3) is 97.7 Å². The SMILES string of the molecule is CC(C)(C)c1cc2c3cc4c(cc3n3c5c(N(c6ccccc6)c6ccccc6)c6ccccc6cc5c(c1)c23)c1cc(C(C)(C)C)cc2c3c5ccccc5cc(N(c5ccccc5)c5ccccc5)c3n4c12. The Morgan fingerprint density at radius 1 is 0.297 bits per heavy atom. The van der Waals surface area contributed by atoms with E-state index < -0.39 is 0 Å². The highest BCUT2D eigenvalue weighted by atomic mass is 15.2. The van der Waals surface area contributed by atoms with E-state index >= 15 is 0 Å². The maximum absolute atomic E-state index is 2.64. The summed E-state index contributed by atoms with van der Waals surface area (Å²) in [6.07, 6.45) is 0. The van der Waals surface area contributed by atoms with Crippen LogP contribution in [0.15, 0.2) is 218 Å². The average molecular weight is 951 g/mol. The van der Waals surface area contributed by atoms with Crippen molar-refractivity contribution in [1.29, 1.82) is 0 Å². The largest absolute Gasteiger partial charge is 0.308 e. The number of anilines is 6. The topological polar surface area (TPSA) is 15.3 Å². The van der Waals surface area contributed by atoms with E-state index in [1.807, 2.05) is 0 Å². The summed E-state index contributed by atoms with van der Waals surface area (Å²) in [5, 5.41) is 15.1. The molecule has 4 heterocycles. The molecule has 15 aromatic rings. The van der Waals surface area contributed by atoms with Crippen molar-refractivity contribution in [2.45, 2.75) is 52.4 Å². The Bertz CT molecular complexity index is 4590. The van der Waals surface area contributed by atoms with E-state index in [-0.39, 0.29) is 10.8 Å². The van der Waals surface area contributed by atoms with Crippen molar-refractivity contribution in [1.82, 2.24) is 8.80 Å². The number of hydrogen-bond acceptors (Lipinski definition) is 2. The van der Waals surface area contributed by atoms with Gasteiger partial charge in [-0.2, -0.15) is 0 Å². The molecule has 0 fully saturated rings. The van der Waals surface area contributed by atoms with Crippen molar-refractivity contribution in [3.63, 3.8) is 0 Å². The van der Waals surface area contributed by atoms with Gasteiger partial charge in [0.05, 0.1) is 44.5 Å². The van der Waals surface area contributed by atoms with E-state index in [1.54, 1.807) is 0 Å². The Kier molecular flexibility index (Phi) is 8.87. The van der Waals surface area contributed by atoms with Gasteiger partial charge < -0.3 is 18.6 Å². The van der Waals surface area contributed by atoms with Gasteiger partial charge in [0.2, 0.25) is 0 Å².